The molecule has 0 saturated heterocycles. The van der Waals surface area contributed by atoms with Gasteiger partial charge in [0.05, 0.1) is 12.1 Å². The van der Waals surface area contributed by atoms with Crippen LogP contribution in [0.4, 0.5) is 0 Å². The summed E-state index contributed by atoms with van der Waals surface area (Å²) in [6.07, 6.45) is 0. The molecule has 1 aromatic heterocycles. The summed E-state index contributed by atoms with van der Waals surface area (Å²) in [5.74, 6) is 1.06. The highest BCUT2D eigenvalue weighted by Crippen LogP contribution is 2.27. The lowest BCUT2D eigenvalue weighted by Gasteiger charge is -1.99. The first kappa shape index (κ1) is 11.8. The zero-order valence-corrected chi connectivity index (χ0v) is 11.4. The third kappa shape index (κ3) is 2.53. The fourth-order valence-corrected chi connectivity index (χ4v) is 1.98. The van der Waals surface area contributed by atoms with Gasteiger partial charge in [0.15, 0.2) is 0 Å². The van der Waals surface area contributed by atoms with E-state index in [-0.39, 0.29) is 0 Å². The van der Waals surface area contributed by atoms with E-state index in [0.717, 1.165) is 9.13 Å². The summed E-state index contributed by atoms with van der Waals surface area (Å²) < 4.78 is 6.53. The van der Waals surface area contributed by atoms with Crippen LogP contribution in [-0.4, -0.2) is 17.2 Å². The molecule has 0 amide bonds. The molecule has 0 unspecified atom stereocenters. The van der Waals surface area contributed by atoms with E-state index >= 15 is 0 Å². The Morgan fingerprint density at radius 2 is 2.25 bits per heavy atom. The summed E-state index contributed by atoms with van der Waals surface area (Å²) in [5, 5.41) is 11.5. The molecule has 2 rings (SSSR count). The summed E-state index contributed by atoms with van der Waals surface area (Å²) in [4.78, 5) is 0. The largest absolute Gasteiger partial charge is 0.419 e. The Bertz CT molecular complexity index is 501. The number of halogens is 2. The van der Waals surface area contributed by atoms with Crippen LogP contribution in [0, 0.1) is 3.57 Å². The number of nitrogens with zero attached hydrogens (tertiary/aromatic N) is 2. The lowest BCUT2D eigenvalue weighted by atomic mass is 10.2. The molecule has 0 aliphatic heterocycles. The van der Waals surface area contributed by atoms with Crippen molar-refractivity contribution in [1.82, 2.24) is 15.5 Å². The van der Waals surface area contributed by atoms with Gasteiger partial charge in [-0.25, -0.2) is 0 Å². The number of hydrogen-bond acceptors (Lipinski definition) is 4. The van der Waals surface area contributed by atoms with Crippen LogP contribution in [0.2, 0.25) is 5.02 Å². The summed E-state index contributed by atoms with van der Waals surface area (Å²) in [6.45, 7) is 0.560. The Labute approximate surface area is 112 Å². The first-order chi connectivity index (χ1) is 7.70. The van der Waals surface area contributed by atoms with Crippen molar-refractivity contribution in [2.45, 2.75) is 6.54 Å². The average Bonchev–Trinajstić information content (AvgIpc) is 2.71. The Kier molecular flexibility index (Phi) is 3.78. The lowest BCUT2D eigenvalue weighted by molar-refractivity contribution is 0.490. The minimum Gasteiger partial charge on any atom is -0.419 e. The first-order valence-corrected chi connectivity index (χ1v) is 6.09. The van der Waals surface area contributed by atoms with Gasteiger partial charge in [-0.05, 0) is 47.8 Å². The van der Waals surface area contributed by atoms with Crippen LogP contribution >= 0.6 is 34.2 Å². The van der Waals surface area contributed by atoms with Crippen molar-refractivity contribution in [3.63, 3.8) is 0 Å². The minimum atomic E-state index is 0.497. The highest BCUT2D eigenvalue weighted by Gasteiger charge is 2.11. The molecule has 16 heavy (non-hydrogen) atoms. The molecule has 1 heterocycles. The predicted octanol–water partition coefficient (Wildman–Crippen LogP) is 2.71. The van der Waals surface area contributed by atoms with E-state index < -0.39 is 0 Å². The highest BCUT2D eigenvalue weighted by atomic mass is 127. The molecular formula is C10H9ClIN3O. The van der Waals surface area contributed by atoms with Gasteiger partial charge in [0, 0.05) is 8.59 Å². The lowest BCUT2D eigenvalue weighted by Crippen LogP contribution is -2.04. The second-order valence-corrected chi connectivity index (χ2v) is 4.75. The highest BCUT2D eigenvalue weighted by molar-refractivity contribution is 14.1. The van der Waals surface area contributed by atoms with Crippen LogP contribution in [-0.2, 0) is 6.54 Å². The van der Waals surface area contributed by atoms with Gasteiger partial charge in [-0.15, -0.1) is 10.2 Å². The fraction of sp³-hybridized carbons (Fsp3) is 0.200. The first-order valence-electron chi connectivity index (χ1n) is 4.63. The molecule has 0 saturated carbocycles. The second-order valence-electron chi connectivity index (χ2n) is 3.16. The van der Waals surface area contributed by atoms with Gasteiger partial charge < -0.3 is 9.73 Å². The molecule has 1 aromatic carbocycles. The molecule has 0 bridgehead atoms. The van der Waals surface area contributed by atoms with E-state index in [1.807, 2.05) is 25.2 Å². The molecule has 6 heteroatoms. The number of rotatable bonds is 3. The average molecular weight is 350 g/mol. The smallest absolute Gasteiger partial charge is 0.248 e. The maximum atomic E-state index is 5.93. The zero-order chi connectivity index (χ0) is 11.5. The summed E-state index contributed by atoms with van der Waals surface area (Å²) >= 11 is 8.14. The van der Waals surface area contributed by atoms with Crippen molar-refractivity contribution in [3.8, 4) is 11.5 Å². The Hall–Kier alpha value is -0.660. The van der Waals surface area contributed by atoms with E-state index in [9.17, 15) is 0 Å². The fourth-order valence-electron chi connectivity index (χ4n) is 1.25. The Morgan fingerprint density at radius 1 is 1.44 bits per heavy atom. The van der Waals surface area contributed by atoms with Crippen molar-refractivity contribution < 1.29 is 4.42 Å². The van der Waals surface area contributed by atoms with Crippen molar-refractivity contribution in [2.75, 3.05) is 7.05 Å². The van der Waals surface area contributed by atoms with Crippen LogP contribution in [0.15, 0.2) is 22.6 Å². The maximum Gasteiger partial charge on any atom is 0.248 e. The quantitative estimate of drug-likeness (QED) is 0.866. The number of hydrogen-bond donors (Lipinski definition) is 1. The van der Waals surface area contributed by atoms with Gasteiger partial charge >= 0.3 is 0 Å². The van der Waals surface area contributed by atoms with E-state index in [0.29, 0.717) is 23.3 Å². The zero-order valence-electron chi connectivity index (χ0n) is 8.50. The van der Waals surface area contributed by atoms with Gasteiger partial charge in [0.2, 0.25) is 11.8 Å². The molecule has 4 nitrogen and oxygen atoms in total. The number of benzene rings is 1. The monoisotopic (exact) mass is 349 g/mol. The topological polar surface area (TPSA) is 51.0 Å². The predicted molar refractivity (Wildman–Crippen MR) is 70.2 cm³/mol. The van der Waals surface area contributed by atoms with Crippen molar-refractivity contribution in [2.24, 2.45) is 0 Å². The van der Waals surface area contributed by atoms with Crippen LogP contribution in [0.3, 0.4) is 0 Å². The molecule has 0 aliphatic rings. The van der Waals surface area contributed by atoms with Crippen molar-refractivity contribution in [3.05, 3.63) is 32.7 Å². The Balaban J connectivity index is 2.38. The van der Waals surface area contributed by atoms with Gasteiger partial charge in [-0.1, -0.05) is 11.6 Å². The van der Waals surface area contributed by atoms with Crippen LogP contribution < -0.4 is 5.32 Å². The third-order valence-electron chi connectivity index (χ3n) is 1.95. The Morgan fingerprint density at radius 3 is 3.00 bits per heavy atom. The molecule has 0 spiro atoms. The summed E-state index contributed by atoms with van der Waals surface area (Å²) in [6, 6.07) is 5.57. The number of aromatic nitrogens is 2. The molecule has 0 fully saturated rings. The van der Waals surface area contributed by atoms with E-state index in [2.05, 4.69) is 38.1 Å². The molecule has 1 N–H and O–H groups in total. The summed E-state index contributed by atoms with van der Waals surface area (Å²) in [7, 11) is 1.83. The van der Waals surface area contributed by atoms with Gasteiger partial charge in [-0.2, -0.15) is 0 Å². The van der Waals surface area contributed by atoms with Gasteiger partial charge in [0.1, 0.15) is 0 Å². The standard InChI is InChI=1S/C10H9ClIN3O/c1-13-5-9-14-15-10(16-9)7-4-6(11)2-3-8(7)12/h2-4,13H,5H2,1H3. The molecule has 84 valence electrons. The van der Waals surface area contributed by atoms with Gasteiger partial charge in [0.25, 0.3) is 0 Å². The van der Waals surface area contributed by atoms with Gasteiger partial charge in [-0.3, -0.25) is 0 Å². The van der Waals surface area contributed by atoms with E-state index in [4.69, 9.17) is 16.0 Å². The molecule has 0 radical (unpaired) electrons. The van der Waals surface area contributed by atoms with Crippen LogP contribution in [0.25, 0.3) is 11.5 Å². The van der Waals surface area contributed by atoms with E-state index in [1.165, 1.54) is 0 Å². The molecule has 0 atom stereocenters. The molecule has 0 aliphatic carbocycles. The summed E-state index contributed by atoms with van der Waals surface area (Å²) in [5.41, 5.74) is 0.864. The van der Waals surface area contributed by atoms with Crippen molar-refractivity contribution in [1.29, 1.82) is 0 Å². The van der Waals surface area contributed by atoms with Crippen molar-refractivity contribution >= 4 is 34.2 Å². The second kappa shape index (κ2) is 5.11. The molecule has 2 aromatic rings. The minimum absolute atomic E-state index is 0.497. The van der Waals surface area contributed by atoms with Crippen LogP contribution in [0.1, 0.15) is 5.89 Å². The number of nitrogens with one attached hydrogen (secondary N) is 1. The van der Waals surface area contributed by atoms with E-state index in [1.54, 1.807) is 0 Å². The van der Waals surface area contributed by atoms with Crippen LogP contribution in [0.5, 0.6) is 0 Å². The maximum absolute atomic E-state index is 5.93. The normalized spacial score (nSPS) is 10.7. The SMILES string of the molecule is CNCc1nnc(-c2cc(Cl)ccc2I)o1. The third-order valence-corrected chi connectivity index (χ3v) is 3.13. The molecular weight excluding hydrogens is 340 g/mol.